The Morgan fingerprint density at radius 3 is 2.64 bits per heavy atom. The van der Waals surface area contributed by atoms with Gasteiger partial charge in [-0.3, -0.25) is 4.79 Å². The summed E-state index contributed by atoms with van der Waals surface area (Å²) < 4.78 is 42.8. The zero-order valence-corrected chi connectivity index (χ0v) is 15.2. The third kappa shape index (κ3) is 5.82. The summed E-state index contributed by atoms with van der Waals surface area (Å²) in [6.45, 7) is 1.47. The number of halogens is 1. The van der Waals surface area contributed by atoms with E-state index in [0.717, 1.165) is 12.8 Å². The first-order valence-electron chi connectivity index (χ1n) is 8.04. The molecule has 1 aromatic carbocycles. The second-order valence-electron chi connectivity index (χ2n) is 6.08. The number of methoxy groups -OCH3 is 1. The molecule has 0 aliphatic carbocycles. The maximum atomic E-state index is 13.6. The van der Waals surface area contributed by atoms with Gasteiger partial charge >= 0.3 is 0 Å². The Hall–Kier alpha value is -1.93. The molecule has 0 unspecified atom stereocenters. The molecule has 1 heterocycles. The molecule has 0 aromatic heterocycles. The van der Waals surface area contributed by atoms with E-state index in [1.807, 2.05) is 0 Å². The Labute approximate surface area is 147 Å². The molecular weight excluding hydrogens is 347 g/mol. The van der Waals surface area contributed by atoms with Gasteiger partial charge < -0.3 is 10.1 Å². The number of carbonyl (C=O) groups excluding carboxylic acids is 1. The van der Waals surface area contributed by atoms with E-state index >= 15 is 0 Å². The second-order valence-corrected chi connectivity index (χ2v) is 8.06. The van der Waals surface area contributed by atoms with Crippen LogP contribution in [0.15, 0.2) is 24.3 Å². The fraction of sp³-hybridized carbons (Fsp3) is 0.471. The summed E-state index contributed by atoms with van der Waals surface area (Å²) >= 11 is 0. The van der Waals surface area contributed by atoms with Gasteiger partial charge in [0.15, 0.2) is 11.6 Å². The number of nitrogens with one attached hydrogen (secondary N) is 1. The minimum absolute atomic E-state index is 0.155. The lowest BCUT2D eigenvalue weighted by Gasteiger charge is -2.30. The predicted molar refractivity (Wildman–Crippen MR) is 94.1 cm³/mol. The van der Waals surface area contributed by atoms with Crippen molar-refractivity contribution in [3.8, 4) is 5.75 Å². The van der Waals surface area contributed by atoms with Crippen LogP contribution < -0.4 is 10.1 Å². The van der Waals surface area contributed by atoms with Gasteiger partial charge in [0.1, 0.15) is 0 Å². The number of sulfonamides is 1. The molecule has 6 nitrogen and oxygen atoms in total. The van der Waals surface area contributed by atoms with E-state index in [4.69, 9.17) is 4.74 Å². The Kier molecular flexibility index (Phi) is 6.55. The molecule has 138 valence electrons. The minimum Gasteiger partial charge on any atom is -0.494 e. The monoisotopic (exact) mass is 370 g/mol. The molecule has 0 atom stereocenters. The van der Waals surface area contributed by atoms with Gasteiger partial charge in [0.05, 0.1) is 13.4 Å². The molecule has 0 radical (unpaired) electrons. The lowest BCUT2D eigenvalue weighted by atomic mass is 9.98. The topological polar surface area (TPSA) is 75.7 Å². The zero-order valence-electron chi connectivity index (χ0n) is 14.4. The molecule has 1 amide bonds. The summed E-state index contributed by atoms with van der Waals surface area (Å²) in [7, 11) is -1.74. The van der Waals surface area contributed by atoms with Crippen molar-refractivity contribution in [2.45, 2.75) is 12.8 Å². The highest BCUT2D eigenvalue weighted by Crippen LogP contribution is 2.19. The van der Waals surface area contributed by atoms with Gasteiger partial charge in [0.25, 0.3) is 0 Å². The molecule has 1 aliphatic heterocycles. The van der Waals surface area contributed by atoms with Crippen LogP contribution in [0.4, 0.5) is 4.39 Å². The van der Waals surface area contributed by atoms with Crippen molar-refractivity contribution in [2.24, 2.45) is 5.92 Å². The van der Waals surface area contributed by atoms with Crippen LogP contribution in [0.5, 0.6) is 5.75 Å². The fourth-order valence-corrected chi connectivity index (χ4v) is 3.58. The number of nitrogens with zero attached hydrogens (tertiary/aromatic N) is 1. The van der Waals surface area contributed by atoms with Crippen molar-refractivity contribution in [2.75, 3.05) is 33.0 Å². The van der Waals surface area contributed by atoms with Crippen molar-refractivity contribution < 1.29 is 22.3 Å². The van der Waals surface area contributed by atoms with E-state index in [1.165, 1.54) is 42.0 Å². The number of hydrogen-bond donors (Lipinski definition) is 1. The van der Waals surface area contributed by atoms with E-state index in [0.29, 0.717) is 25.2 Å². The minimum atomic E-state index is -3.13. The van der Waals surface area contributed by atoms with Gasteiger partial charge in [-0.25, -0.2) is 17.1 Å². The molecule has 1 fully saturated rings. The summed E-state index contributed by atoms with van der Waals surface area (Å²) in [5.74, 6) is -0.333. The molecule has 1 saturated heterocycles. The van der Waals surface area contributed by atoms with E-state index in [2.05, 4.69) is 5.32 Å². The summed E-state index contributed by atoms with van der Waals surface area (Å²) in [6, 6.07) is 4.46. The standard InChI is InChI=1S/C17H23FN2O4S/c1-24-16-5-3-13(11-15(16)18)4-6-17(21)19-12-14-7-9-20(10-8-14)25(2,22)23/h3-6,11,14H,7-10,12H2,1-2H3,(H,19,21)/b6-4+. The fourth-order valence-electron chi connectivity index (χ4n) is 2.71. The molecule has 25 heavy (non-hydrogen) atoms. The number of benzene rings is 1. The van der Waals surface area contributed by atoms with E-state index in [1.54, 1.807) is 6.07 Å². The van der Waals surface area contributed by atoms with Gasteiger partial charge in [-0.1, -0.05) is 6.07 Å². The first-order chi connectivity index (χ1) is 11.8. The lowest BCUT2D eigenvalue weighted by Crippen LogP contribution is -2.40. The SMILES string of the molecule is COc1ccc(/C=C/C(=O)NCC2CCN(S(C)(=O)=O)CC2)cc1F. The third-order valence-corrected chi connectivity index (χ3v) is 5.51. The molecule has 0 saturated carbocycles. The molecular formula is C17H23FN2O4S. The van der Waals surface area contributed by atoms with Crippen LogP contribution >= 0.6 is 0 Å². The number of hydrogen-bond acceptors (Lipinski definition) is 4. The number of rotatable bonds is 6. The van der Waals surface area contributed by atoms with Crippen molar-refractivity contribution in [3.05, 3.63) is 35.7 Å². The van der Waals surface area contributed by atoms with Crippen LogP contribution in [0.2, 0.25) is 0 Å². The van der Waals surface area contributed by atoms with Crippen molar-refractivity contribution in [1.82, 2.24) is 9.62 Å². The number of amides is 1. The Morgan fingerprint density at radius 1 is 1.40 bits per heavy atom. The smallest absolute Gasteiger partial charge is 0.244 e. The van der Waals surface area contributed by atoms with Gasteiger partial charge in [-0.05, 0) is 42.5 Å². The number of carbonyl (C=O) groups is 1. The maximum absolute atomic E-state index is 13.6. The molecule has 0 spiro atoms. The third-order valence-electron chi connectivity index (χ3n) is 4.21. The van der Waals surface area contributed by atoms with E-state index in [-0.39, 0.29) is 17.6 Å². The predicted octanol–water partition coefficient (Wildman–Crippen LogP) is 1.64. The Bertz CT molecular complexity index is 741. The summed E-state index contributed by atoms with van der Waals surface area (Å²) in [5.41, 5.74) is 0.565. The second kappa shape index (κ2) is 8.44. The normalized spacial score (nSPS) is 16.9. The van der Waals surface area contributed by atoms with E-state index in [9.17, 15) is 17.6 Å². The average Bonchev–Trinajstić information content (AvgIpc) is 2.58. The summed E-state index contributed by atoms with van der Waals surface area (Å²) in [5, 5.41) is 2.80. The summed E-state index contributed by atoms with van der Waals surface area (Å²) in [6.07, 6.45) is 5.54. The van der Waals surface area contributed by atoms with Crippen molar-refractivity contribution in [3.63, 3.8) is 0 Å². The first-order valence-corrected chi connectivity index (χ1v) is 9.89. The van der Waals surface area contributed by atoms with Crippen LogP contribution in [-0.4, -0.2) is 51.6 Å². The highest BCUT2D eigenvalue weighted by atomic mass is 32.2. The van der Waals surface area contributed by atoms with Crippen molar-refractivity contribution in [1.29, 1.82) is 0 Å². The molecule has 8 heteroatoms. The summed E-state index contributed by atoms with van der Waals surface area (Å²) in [4.78, 5) is 11.9. The van der Waals surface area contributed by atoms with Crippen molar-refractivity contribution >= 4 is 22.0 Å². The quantitative estimate of drug-likeness (QED) is 0.773. The van der Waals surface area contributed by atoms with Crippen LogP contribution in [0.3, 0.4) is 0 Å². The molecule has 1 aromatic rings. The van der Waals surface area contributed by atoms with Crippen LogP contribution in [0, 0.1) is 11.7 Å². The molecule has 0 bridgehead atoms. The van der Waals surface area contributed by atoms with Gasteiger partial charge in [0.2, 0.25) is 15.9 Å². The van der Waals surface area contributed by atoms with Crippen LogP contribution in [0.1, 0.15) is 18.4 Å². The largest absolute Gasteiger partial charge is 0.494 e. The first kappa shape index (κ1) is 19.4. The van der Waals surface area contributed by atoms with E-state index < -0.39 is 15.8 Å². The molecule has 1 aliphatic rings. The zero-order chi connectivity index (χ0) is 18.4. The highest BCUT2D eigenvalue weighted by Gasteiger charge is 2.24. The Morgan fingerprint density at radius 2 is 2.08 bits per heavy atom. The Balaban J connectivity index is 1.78. The van der Waals surface area contributed by atoms with Gasteiger partial charge in [-0.15, -0.1) is 0 Å². The number of piperidine rings is 1. The average molecular weight is 370 g/mol. The van der Waals surface area contributed by atoms with Crippen LogP contribution in [0.25, 0.3) is 6.08 Å². The molecule has 1 N–H and O–H groups in total. The maximum Gasteiger partial charge on any atom is 0.244 e. The van der Waals surface area contributed by atoms with Gasteiger partial charge in [-0.2, -0.15) is 0 Å². The van der Waals surface area contributed by atoms with Crippen LogP contribution in [-0.2, 0) is 14.8 Å². The number of ether oxygens (including phenoxy) is 1. The lowest BCUT2D eigenvalue weighted by molar-refractivity contribution is -0.116. The van der Waals surface area contributed by atoms with Gasteiger partial charge in [0, 0.05) is 25.7 Å². The highest BCUT2D eigenvalue weighted by molar-refractivity contribution is 7.88. The molecule has 2 rings (SSSR count).